The van der Waals surface area contributed by atoms with E-state index in [-0.39, 0.29) is 36.3 Å². The molecule has 0 atom stereocenters. The summed E-state index contributed by atoms with van der Waals surface area (Å²) < 4.78 is 28.6. The highest BCUT2D eigenvalue weighted by Crippen LogP contribution is 2.19. The van der Waals surface area contributed by atoms with Crippen LogP contribution in [0.5, 0.6) is 0 Å². The zero-order chi connectivity index (χ0) is 19.3. The quantitative estimate of drug-likeness (QED) is 0.607. The first-order valence-corrected chi connectivity index (χ1v) is 9.93. The number of aryl methyl sites for hydroxylation is 2. The molecule has 0 unspecified atom stereocenters. The van der Waals surface area contributed by atoms with Gasteiger partial charge in [-0.1, -0.05) is 13.0 Å². The number of anilines is 1. The lowest BCUT2D eigenvalue weighted by atomic mass is 10.1. The fourth-order valence-electron chi connectivity index (χ4n) is 2.67. The van der Waals surface area contributed by atoms with Gasteiger partial charge in [-0.15, -0.1) is 12.4 Å². The van der Waals surface area contributed by atoms with Crippen molar-refractivity contribution in [2.75, 3.05) is 18.4 Å². The second-order valence-electron chi connectivity index (χ2n) is 5.94. The van der Waals surface area contributed by atoms with Crippen LogP contribution < -0.4 is 15.8 Å². The number of hydrogen-bond donors (Lipinski definition) is 3. The summed E-state index contributed by atoms with van der Waals surface area (Å²) in [6.07, 6.45) is 0.915. The first-order chi connectivity index (χ1) is 12.3. The second kappa shape index (κ2) is 9.84. The molecule has 2 rings (SSSR count). The van der Waals surface area contributed by atoms with Crippen molar-refractivity contribution in [1.82, 2.24) is 14.5 Å². The summed E-state index contributed by atoms with van der Waals surface area (Å²) in [7, 11) is -3.66. The molecule has 1 aromatic heterocycles. The Hall–Kier alpha value is -1.94. The average Bonchev–Trinajstić information content (AvgIpc) is 2.87. The van der Waals surface area contributed by atoms with Gasteiger partial charge in [0.15, 0.2) is 0 Å². The summed E-state index contributed by atoms with van der Waals surface area (Å²) in [4.78, 5) is 12.7. The molecule has 2 aromatic rings. The number of carbonyl (C=O) groups is 1. The number of amides is 1. The summed E-state index contributed by atoms with van der Waals surface area (Å²) in [6.45, 7) is 6.76. The molecule has 0 saturated heterocycles. The molecule has 0 spiro atoms. The normalized spacial score (nSPS) is 11.1. The molecule has 1 aromatic carbocycles. The van der Waals surface area contributed by atoms with E-state index in [0.29, 0.717) is 16.9 Å². The highest BCUT2D eigenvalue weighted by molar-refractivity contribution is 7.89. The van der Waals surface area contributed by atoms with Crippen LogP contribution in [0.2, 0.25) is 0 Å². The van der Waals surface area contributed by atoms with Crippen LogP contribution in [-0.2, 0) is 16.6 Å². The molecule has 0 aliphatic rings. The van der Waals surface area contributed by atoms with Crippen LogP contribution in [0.25, 0.3) is 0 Å². The van der Waals surface area contributed by atoms with E-state index in [9.17, 15) is 13.2 Å². The van der Waals surface area contributed by atoms with E-state index in [1.54, 1.807) is 19.1 Å². The maximum Gasteiger partial charge on any atom is 0.259 e. The van der Waals surface area contributed by atoms with Crippen LogP contribution in [0.3, 0.4) is 0 Å². The van der Waals surface area contributed by atoms with E-state index in [2.05, 4.69) is 15.1 Å². The van der Waals surface area contributed by atoms with Crippen molar-refractivity contribution in [3.05, 3.63) is 41.2 Å². The number of halogens is 1. The van der Waals surface area contributed by atoms with E-state index in [4.69, 9.17) is 5.73 Å². The summed E-state index contributed by atoms with van der Waals surface area (Å²) in [5.41, 5.74) is 7.67. The third-order valence-electron chi connectivity index (χ3n) is 3.88. The average molecular weight is 416 g/mol. The molecule has 4 N–H and O–H groups in total. The van der Waals surface area contributed by atoms with Crippen molar-refractivity contribution >= 4 is 34.0 Å². The molecule has 27 heavy (non-hydrogen) atoms. The van der Waals surface area contributed by atoms with E-state index in [1.807, 2.05) is 18.5 Å². The Morgan fingerprint density at radius 2 is 2.00 bits per heavy atom. The minimum Gasteiger partial charge on any atom is -0.329 e. The number of aromatic nitrogens is 2. The number of sulfonamides is 1. The molecule has 0 saturated carbocycles. The van der Waals surface area contributed by atoms with E-state index >= 15 is 0 Å². The van der Waals surface area contributed by atoms with Gasteiger partial charge in [0.25, 0.3) is 5.91 Å². The maximum atomic E-state index is 12.7. The smallest absolute Gasteiger partial charge is 0.259 e. The van der Waals surface area contributed by atoms with Gasteiger partial charge in [-0.25, -0.2) is 13.1 Å². The fraction of sp³-hybridized carbons (Fsp3) is 0.412. The third-order valence-corrected chi connectivity index (χ3v) is 5.34. The number of nitrogens with zero attached hydrogens (tertiary/aromatic N) is 2. The molecule has 0 aliphatic carbocycles. The molecule has 0 fully saturated rings. The molecular weight excluding hydrogens is 390 g/mol. The van der Waals surface area contributed by atoms with Gasteiger partial charge in [-0.05, 0) is 38.5 Å². The molecule has 10 heteroatoms. The lowest BCUT2D eigenvalue weighted by molar-refractivity contribution is 0.102. The van der Waals surface area contributed by atoms with Crippen molar-refractivity contribution < 1.29 is 13.2 Å². The molecule has 0 bridgehead atoms. The first kappa shape index (κ1) is 23.1. The minimum absolute atomic E-state index is 0. The number of carbonyl (C=O) groups excluding carboxylic acids is 1. The SMILES string of the molecule is CCCn1nc(C)c(C(=O)Nc2cccc(S(=O)(=O)NCCN)c2)c1C.Cl. The van der Waals surface area contributed by atoms with Gasteiger partial charge in [0.1, 0.15) is 0 Å². The molecule has 1 amide bonds. The standard InChI is InChI=1S/C17H25N5O3S.ClH/c1-4-10-22-13(3)16(12(2)21-22)17(23)20-14-6-5-7-15(11-14)26(24,25)19-9-8-18;/h5-7,11,19H,4,8-10,18H2,1-3H3,(H,20,23);1H. The van der Waals surface area contributed by atoms with Crippen LogP contribution in [0.15, 0.2) is 29.2 Å². The van der Waals surface area contributed by atoms with E-state index in [1.165, 1.54) is 12.1 Å². The highest BCUT2D eigenvalue weighted by Gasteiger charge is 2.19. The molecule has 8 nitrogen and oxygen atoms in total. The van der Waals surface area contributed by atoms with Crippen molar-refractivity contribution in [3.63, 3.8) is 0 Å². The second-order valence-corrected chi connectivity index (χ2v) is 7.70. The Kier molecular flexibility index (Phi) is 8.42. The maximum absolute atomic E-state index is 12.7. The number of hydrogen-bond acceptors (Lipinski definition) is 5. The molecule has 1 heterocycles. The van der Waals surface area contributed by atoms with Crippen molar-refractivity contribution in [2.24, 2.45) is 5.73 Å². The Bertz CT molecular complexity index is 896. The number of rotatable bonds is 8. The number of nitrogens with one attached hydrogen (secondary N) is 2. The molecule has 150 valence electrons. The van der Waals surface area contributed by atoms with Crippen LogP contribution >= 0.6 is 12.4 Å². The molecule has 0 radical (unpaired) electrons. The molecule has 0 aliphatic heterocycles. The number of nitrogens with two attached hydrogens (primary N) is 1. The van der Waals surface area contributed by atoms with Crippen molar-refractivity contribution in [3.8, 4) is 0 Å². The topological polar surface area (TPSA) is 119 Å². The van der Waals surface area contributed by atoms with Gasteiger partial charge in [0.05, 0.1) is 16.2 Å². The Labute approximate surface area is 166 Å². The zero-order valence-corrected chi connectivity index (χ0v) is 17.3. The van der Waals surface area contributed by atoms with Gasteiger partial charge >= 0.3 is 0 Å². The van der Waals surface area contributed by atoms with Gasteiger partial charge in [0, 0.05) is 31.0 Å². The predicted molar refractivity (Wildman–Crippen MR) is 108 cm³/mol. The van der Waals surface area contributed by atoms with E-state index in [0.717, 1.165) is 18.7 Å². The van der Waals surface area contributed by atoms with Gasteiger partial charge in [0.2, 0.25) is 10.0 Å². The Morgan fingerprint density at radius 3 is 2.63 bits per heavy atom. The largest absolute Gasteiger partial charge is 0.329 e. The predicted octanol–water partition coefficient (Wildman–Crippen LogP) is 1.82. The Balaban J connectivity index is 0.00000364. The summed E-state index contributed by atoms with van der Waals surface area (Å²) in [6, 6.07) is 6.09. The van der Waals surface area contributed by atoms with Crippen LogP contribution in [0.4, 0.5) is 5.69 Å². The summed E-state index contributed by atoms with van der Waals surface area (Å²) >= 11 is 0. The summed E-state index contributed by atoms with van der Waals surface area (Å²) in [5.74, 6) is -0.313. The van der Waals surface area contributed by atoms with Crippen molar-refractivity contribution in [1.29, 1.82) is 0 Å². The highest BCUT2D eigenvalue weighted by atomic mass is 35.5. The van der Waals surface area contributed by atoms with Crippen LogP contribution in [0.1, 0.15) is 35.1 Å². The first-order valence-electron chi connectivity index (χ1n) is 8.45. The lowest BCUT2D eigenvalue weighted by Crippen LogP contribution is -2.29. The van der Waals surface area contributed by atoms with Crippen LogP contribution in [0, 0.1) is 13.8 Å². The lowest BCUT2D eigenvalue weighted by Gasteiger charge is -2.09. The molecular formula is C17H26ClN5O3S. The zero-order valence-electron chi connectivity index (χ0n) is 15.7. The number of benzene rings is 1. The van der Waals surface area contributed by atoms with Gasteiger partial charge in [-0.3, -0.25) is 9.48 Å². The van der Waals surface area contributed by atoms with Crippen LogP contribution in [-0.4, -0.2) is 37.2 Å². The van der Waals surface area contributed by atoms with E-state index < -0.39 is 10.0 Å². The van der Waals surface area contributed by atoms with Gasteiger partial charge in [-0.2, -0.15) is 5.10 Å². The Morgan fingerprint density at radius 1 is 1.30 bits per heavy atom. The third kappa shape index (κ3) is 5.52. The van der Waals surface area contributed by atoms with Gasteiger partial charge < -0.3 is 11.1 Å². The minimum atomic E-state index is -3.66. The summed E-state index contributed by atoms with van der Waals surface area (Å²) in [5, 5.41) is 7.15. The van der Waals surface area contributed by atoms with Crippen molar-refractivity contribution in [2.45, 2.75) is 38.6 Å². The monoisotopic (exact) mass is 415 g/mol. The fourth-order valence-corrected chi connectivity index (χ4v) is 3.76.